The standard InChI is InChI=1S/C24H21F2N3O4S/c1-15(18-12-11-17(25)14-19(18)26)27-23(30)21(13-16-7-3-2-4-8-16)29-24(31)28-20-9-5-6-10-22(20)34(29,32)33/h2-12,14-15,21H,13H2,1H3,(H,27,30)(H,28,31)/t15-,21?/m1/s1. The van der Waals surface area contributed by atoms with E-state index in [0.29, 0.717) is 15.9 Å². The number of benzene rings is 3. The van der Waals surface area contributed by atoms with Gasteiger partial charge in [-0.3, -0.25) is 4.79 Å². The van der Waals surface area contributed by atoms with E-state index in [2.05, 4.69) is 10.6 Å². The Balaban J connectivity index is 1.71. The average Bonchev–Trinajstić information content (AvgIpc) is 2.78. The summed E-state index contributed by atoms with van der Waals surface area (Å²) in [6.07, 6.45) is -0.111. The van der Waals surface area contributed by atoms with Crippen LogP contribution in [-0.4, -0.2) is 30.7 Å². The van der Waals surface area contributed by atoms with Gasteiger partial charge in [-0.15, -0.1) is 0 Å². The average molecular weight is 486 g/mol. The molecule has 0 bridgehead atoms. The third kappa shape index (κ3) is 4.49. The maximum absolute atomic E-state index is 14.2. The maximum atomic E-state index is 14.2. The highest BCUT2D eigenvalue weighted by atomic mass is 32.2. The molecule has 10 heteroatoms. The van der Waals surface area contributed by atoms with Crippen molar-refractivity contribution >= 4 is 27.6 Å². The van der Waals surface area contributed by atoms with Crippen LogP contribution in [0.4, 0.5) is 19.3 Å². The van der Waals surface area contributed by atoms with Crippen molar-refractivity contribution in [2.45, 2.75) is 30.3 Å². The van der Waals surface area contributed by atoms with Crippen LogP contribution in [0.15, 0.2) is 77.7 Å². The number of carbonyl (C=O) groups is 2. The van der Waals surface area contributed by atoms with Crippen LogP contribution in [0.2, 0.25) is 0 Å². The van der Waals surface area contributed by atoms with Gasteiger partial charge >= 0.3 is 6.03 Å². The molecule has 2 N–H and O–H groups in total. The van der Waals surface area contributed by atoms with E-state index in [9.17, 15) is 26.8 Å². The Labute approximate surface area is 195 Å². The van der Waals surface area contributed by atoms with Crippen LogP contribution in [0.5, 0.6) is 0 Å². The number of carbonyl (C=O) groups excluding carboxylic acids is 2. The number of sulfonamides is 1. The number of nitrogens with one attached hydrogen (secondary N) is 2. The smallest absolute Gasteiger partial charge is 0.336 e. The molecular weight excluding hydrogens is 464 g/mol. The molecule has 34 heavy (non-hydrogen) atoms. The minimum absolute atomic E-state index is 0.0181. The molecule has 1 aliphatic rings. The number of nitrogens with zero attached hydrogens (tertiary/aromatic N) is 1. The molecule has 0 saturated heterocycles. The minimum atomic E-state index is -4.37. The normalized spacial score (nSPS) is 16.2. The largest absolute Gasteiger partial charge is 0.348 e. The van der Waals surface area contributed by atoms with Crippen molar-refractivity contribution in [3.63, 3.8) is 0 Å². The maximum Gasteiger partial charge on any atom is 0.336 e. The highest BCUT2D eigenvalue weighted by molar-refractivity contribution is 7.90. The summed E-state index contributed by atoms with van der Waals surface area (Å²) in [5.74, 6) is -2.43. The SMILES string of the molecule is C[C@@H](NC(=O)C(Cc1ccccc1)N1C(=O)Nc2ccccc2S1(=O)=O)c1ccc(F)cc1F. The van der Waals surface area contributed by atoms with Gasteiger partial charge in [0.05, 0.1) is 11.7 Å². The Bertz CT molecular complexity index is 1350. The van der Waals surface area contributed by atoms with E-state index >= 15 is 0 Å². The van der Waals surface area contributed by atoms with Crippen LogP contribution in [-0.2, 0) is 21.2 Å². The Morgan fingerprint density at radius 2 is 1.71 bits per heavy atom. The molecule has 1 aliphatic heterocycles. The zero-order chi connectivity index (χ0) is 24.5. The first kappa shape index (κ1) is 23.4. The molecule has 0 spiro atoms. The second kappa shape index (κ2) is 9.22. The summed E-state index contributed by atoms with van der Waals surface area (Å²) < 4.78 is 54.8. The van der Waals surface area contributed by atoms with E-state index in [0.717, 1.165) is 6.07 Å². The number of halogens is 2. The number of rotatable bonds is 6. The van der Waals surface area contributed by atoms with Crippen LogP contribution < -0.4 is 10.6 Å². The number of hydrogen-bond acceptors (Lipinski definition) is 4. The molecule has 7 nitrogen and oxygen atoms in total. The molecular formula is C24H21F2N3O4S. The quantitative estimate of drug-likeness (QED) is 0.552. The third-order valence-electron chi connectivity index (χ3n) is 5.51. The lowest BCUT2D eigenvalue weighted by molar-refractivity contribution is -0.125. The summed E-state index contributed by atoms with van der Waals surface area (Å²) >= 11 is 0. The van der Waals surface area contributed by atoms with Gasteiger partial charge in [-0.2, -0.15) is 0 Å². The second-order valence-corrected chi connectivity index (χ2v) is 9.61. The fraction of sp³-hybridized carbons (Fsp3) is 0.167. The Morgan fingerprint density at radius 3 is 2.41 bits per heavy atom. The Kier molecular flexibility index (Phi) is 6.34. The summed E-state index contributed by atoms with van der Waals surface area (Å²) in [5.41, 5.74) is 0.749. The molecule has 2 atom stereocenters. The molecule has 0 fully saturated rings. The van der Waals surface area contributed by atoms with E-state index in [1.165, 1.54) is 31.2 Å². The van der Waals surface area contributed by atoms with Gasteiger partial charge in [-0.25, -0.2) is 26.3 Å². The van der Waals surface area contributed by atoms with Crippen molar-refractivity contribution in [3.8, 4) is 0 Å². The molecule has 3 amide bonds. The summed E-state index contributed by atoms with van der Waals surface area (Å²) in [4.78, 5) is 26.1. The molecule has 0 aliphatic carbocycles. The highest BCUT2D eigenvalue weighted by Crippen LogP contribution is 2.32. The van der Waals surface area contributed by atoms with E-state index in [-0.39, 0.29) is 22.6 Å². The molecule has 0 aromatic heterocycles. The number of para-hydroxylation sites is 1. The number of urea groups is 1. The molecule has 0 saturated carbocycles. The van der Waals surface area contributed by atoms with Crippen LogP contribution in [0.1, 0.15) is 24.1 Å². The van der Waals surface area contributed by atoms with Crippen molar-refractivity contribution in [1.82, 2.24) is 9.62 Å². The molecule has 1 unspecified atom stereocenters. The molecule has 176 valence electrons. The van der Waals surface area contributed by atoms with Crippen LogP contribution in [0.3, 0.4) is 0 Å². The zero-order valence-corrected chi connectivity index (χ0v) is 18.9. The van der Waals surface area contributed by atoms with Gasteiger partial charge in [0, 0.05) is 18.1 Å². The number of anilines is 1. The van der Waals surface area contributed by atoms with Crippen LogP contribution >= 0.6 is 0 Å². The first-order valence-corrected chi connectivity index (χ1v) is 11.9. The van der Waals surface area contributed by atoms with Crippen molar-refractivity contribution in [2.24, 2.45) is 0 Å². The fourth-order valence-corrected chi connectivity index (χ4v) is 5.48. The minimum Gasteiger partial charge on any atom is -0.348 e. The lowest BCUT2D eigenvalue weighted by Gasteiger charge is -2.34. The van der Waals surface area contributed by atoms with Gasteiger partial charge in [-0.1, -0.05) is 48.5 Å². The highest BCUT2D eigenvalue weighted by Gasteiger charge is 2.44. The molecule has 3 aromatic rings. The van der Waals surface area contributed by atoms with E-state index < -0.39 is 45.7 Å². The van der Waals surface area contributed by atoms with Crippen LogP contribution in [0, 0.1) is 11.6 Å². The summed E-state index contributed by atoms with van der Waals surface area (Å²) in [5, 5.41) is 5.08. The lowest BCUT2D eigenvalue weighted by Crippen LogP contribution is -2.56. The number of hydrogen-bond donors (Lipinski definition) is 2. The zero-order valence-electron chi connectivity index (χ0n) is 18.0. The van der Waals surface area contributed by atoms with Gasteiger partial charge in [0.1, 0.15) is 22.6 Å². The Hall–Kier alpha value is -3.79. The first-order chi connectivity index (χ1) is 16.2. The van der Waals surface area contributed by atoms with Gasteiger partial charge in [-0.05, 0) is 30.7 Å². The van der Waals surface area contributed by atoms with Crippen molar-refractivity contribution in [3.05, 3.63) is 95.6 Å². The van der Waals surface area contributed by atoms with E-state index in [1.807, 2.05) is 0 Å². The van der Waals surface area contributed by atoms with Crippen molar-refractivity contribution in [1.29, 1.82) is 0 Å². The molecule has 4 rings (SSSR count). The van der Waals surface area contributed by atoms with Crippen molar-refractivity contribution in [2.75, 3.05) is 5.32 Å². The third-order valence-corrected chi connectivity index (χ3v) is 7.36. The lowest BCUT2D eigenvalue weighted by atomic mass is 10.0. The Morgan fingerprint density at radius 1 is 1.03 bits per heavy atom. The first-order valence-electron chi connectivity index (χ1n) is 10.4. The van der Waals surface area contributed by atoms with E-state index in [1.54, 1.807) is 36.4 Å². The topological polar surface area (TPSA) is 95.6 Å². The van der Waals surface area contributed by atoms with Gasteiger partial charge < -0.3 is 10.6 Å². The molecule has 1 heterocycles. The summed E-state index contributed by atoms with van der Waals surface area (Å²) in [6, 6.07) is 14.1. The number of amides is 3. The number of fused-ring (bicyclic) bond motifs is 1. The molecule has 3 aromatic carbocycles. The fourth-order valence-electron chi connectivity index (χ4n) is 3.85. The predicted molar refractivity (Wildman–Crippen MR) is 121 cm³/mol. The second-order valence-electron chi connectivity index (χ2n) is 7.83. The summed E-state index contributed by atoms with van der Waals surface area (Å²) in [7, 11) is -4.37. The van der Waals surface area contributed by atoms with Crippen LogP contribution in [0.25, 0.3) is 0 Å². The molecule has 0 radical (unpaired) electrons. The summed E-state index contributed by atoms with van der Waals surface area (Å²) in [6.45, 7) is 1.48. The van der Waals surface area contributed by atoms with Crippen molar-refractivity contribution < 1.29 is 26.8 Å². The monoisotopic (exact) mass is 485 g/mol. The predicted octanol–water partition coefficient (Wildman–Crippen LogP) is 3.99. The van der Waals surface area contributed by atoms with Gasteiger partial charge in [0.15, 0.2) is 0 Å². The van der Waals surface area contributed by atoms with Gasteiger partial charge in [0.25, 0.3) is 10.0 Å². The van der Waals surface area contributed by atoms with Gasteiger partial charge in [0.2, 0.25) is 5.91 Å². The van der Waals surface area contributed by atoms with E-state index in [4.69, 9.17) is 0 Å².